The lowest BCUT2D eigenvalue weighted by molar-refractivity contribution is 0.100. The second kappa shape index (κ2) is 7.79. The van der Waals surface area contributed by atoms with Crippen LogP contribution in [0.15, 0.2) is 42.7 Å². The van der Waals surface area contributed by atoms with Gasteiger partial charge in [-0.15, -0.1) is 5.10 Å². The lowest BCUT2D eigenvalue weighted by atomic mass is 10.2. The van der Waals surface area contributed by atoms with Crippen molar-refractivity contribution in [1.29, 1.82) is 0 Å². The molecule has 0 saturated carbocycles. The normalized spacial score (nSPS) is 11.8. The van der Waals surface area contributed by atoms with Gasteiger partial charge in [0.25, 0.3) is 5.91 Å². The van der Waals surface area contributed by atoms with Crippen LogP contribution < -0.4 is 22.1 Å². The van der Waals surface area contributed by atoms with Crippen molar-refractivity contribution in [2.24, 2.45) is 11.5 Å². The van der Waals surface area contributed by atoms with Gasteiger partial charge in [0, 0.05) is 18.3 Å². The minimum absolute atomic E-state index is 0.0205. The fourth-order valence-corrected chi connectivity index (χ4v) is 2.37. The Hall–Kier alpha value is -3.53. The summed E-state index contributed by atoms with van der Waals surface area (Å²) >= 11 is 0. The maximum atomic E-state index is 14.3. The van der Waals surface area contributed by atoms with Crippen LogP contribution in [0.25, 0.3) is 5.69 Å². The fraction of sp³-hybridized carbons (Fsp3) is 0.176. The number of anilines is 3. The van der Waals surface area contributed by atoms with Crippen molar-refractivity contribution in [2.75, 3.05) is 17.2 Å². The molecule has 0 aliphatic carbocycles. The van der Waals surface area contributed by atoms with Crippen LogP contribution in [-0.4, -0.2) is 38.5 Å². The molecule has 2 heterocycles. The van der Waals surface area contributed by atoms with Crippen molar-refractivity contribution in [3.05, 3.63) is 54.1 Å². The zero-order chi connectivity index (χ0) is 19.4. The number of carbonyl (C=O) groups is 1. The Morgan fingerprint density at radius 1 is 1.33 bits per heavy atom. The van der Waals surface area contributed by atoms with E-state index >= 15 is 0 Å². The summed E-state index contributed by atoms with van der Waals surface area (Å²) in [4.78, 5) is 15.9. The van der Waals surface area contributed by atoms with E-state index in [9.17, 15) is 9.18 Å². The first-order chi connectivity index (χ1) is 13.0. The zero-order valence-corrected chi connectivity index (χ0v) is 14.6. The van der Waals surface area contributed by atoms with E-state index in [-0.39, 0.29) is 23.2 Å². The summed E-state index contributed by atoms with van der Waals surface area (Å²) in [5.74, 6) is -1.37. The summed E-state index contributed by atoms with van der Waals surface area (Å²) in [5.41, 5.74) is 12.2. The van der Waals surface area contributed by atoms with Gasteiger partial charge in [-0.3, -0.25) is 4.79 Å². The van der Waals surface area contributed by atoms with Crippen molar-refractivity contribution in [3.8, 4) is 5.69 Å². The molecule has 0 unspecified atom stereocenters. The predicted octanol–water partition coefficient (Wildman–Crippen LogP) is 1.40. The molecule has 0 bridgehead atoms. The van der Waals surface area contributed by atoms with E-state index in [1.807, 2.05) is 6.07 Å². The van der Waals surface area contributed by atoms with Gasteiger partial charge in [-0.1, -0.05) is 11.3 Å². The number of hydrogen-bond donors (Lipinski definition) is 4. The molecule has 9 nitrogen and oxygen atoms in total. The number of rotatable bonds is 7. The third-order valence-corrected chi connectivity index (χ3v) is 3.77. The number of primary amides is 1. The highest BCUT2D eigenvalue weighted by Crippen LogP contribution is 2.25. The highest BCUT2D eigenvalue weighted by Gasteiger charge is 2.17. The third-order valence-electron chi connectivity index (χ3n) is 3.77. The Balaban J connectivity index is 1.96. The molecule has 1 atom stereocenters. The van der Waals surface area contributed by atoms with Gasteiger partial charge >= 0.3 is 0 Å². The van der Waals surface area contributed by atoms with Crippen LogP contribution >= 0.6 is 0 Å². The highest BCUT2D eigenvalue weighted by molar-refractivity contribution is 5.98. The molecule has 0 spiro atoms. The molecule has 0 radical (unpaired) electrons. The van der Waals surface area contributed by atoms with Gasteiger partial charge in [0.15, 0.2) is 11.6 Å². The number of aromatic nitrogens is 4. The van der Waals surface area contributed by atoms with E-state index < -0.39 is 11.7 Å². The summed E-state index contributed by atoms with van der Waals surface area (Å²) in [5, 5.41) is 13.6. The molecule has 10 heteroatoms. The maximum absolute atomic E-state index is 14.3. The van der Waals surface area contributed by atoms with Gasteiger partial charge in [-0.05, 0) is 31.2 Å². The van der Waals surface area contributed by atoms with Gasteiger partial charge in [0.05, 0.1) is 23.6 Å². The Labute approximate surface area is 154 Å². The molecule has 0 aliphatic rings. The monoisotopic (exact) mass is 370 g/mol. The lowest BCUT2D eigenvalue weighted by Gasteiger charge is -2.16. The zero-order valence-electron chi connectivity index (χ0n) is 14.6. The number of pyridine rings is 1. The average molecular weight is 370 g/mol. The molecule has 140 valence electrons. The van der Waals surface area contributed by atoms with E-state index in [0.717, 1.165) is 11.8 Å². The molecule has 0 aliphatic heterocycles. The Morgan fingerprint density at radius 3 is 2.81 bits per heavy atom. The van der Waals surface area contributed by atoms with E-state index in [1.165, 1.54) is 0 Å². The average Bonchev–Trinajstić information content (AvgIpc) is 3.19. The molecule has 6 N–H and O–H groups in total. The van der Waals surface area contributed by atoms with Crippen LogP contribution in [0.1, 0.15) is 17.3 Å². The van der Waals surface area contributed by atoms with E-state index in [2.05, 4.69) is 25.9 Å². The molecule has 3 rings (SSSR count). The first kappa shape index (κ1) is 18.3. The number of halogens is 1. The smallest absolute Gasteiger partial charge is 0.252 e. The highest BCUT2D eigenvalue weighted by atomic mass is 19.1. The van der Waals surface area contributed by atoms with Crippen molar-refractivity contribution >= 4 is 23.2 Å². The summed E-state index contributed by atoms with van der Waals surface area (Å²) in [7, 11) is 0. The van der Waals surface area contributed by atoms with Crippen LogP contribution in [0, 0.1) is 5.82 Å². The number of nitrogens with two attached hydrogens (primary N) is 2. The summed E-state index contributed by atoms with van der Waals surface area (Å²) in [6.45, 7) is 2.08. The molecular weight excluding hydrogens is 351 g/mol. The van der Waals surface area contributed by atoms with Crippen LogP contribution in [0.5, 0.6) is 0 Å². The molecule has 2 aromatic heterocycles. The quantitative estimate of drug-likeness (QED) is 0.493. The van der Waals surface area contributed by atoms with E-state index in [0.29, 0.717) is 12.2 Å². The number of nitrogens with one attached hydrogen (secondary N) is 2. The lowest BCUT2D eigenvalue weighted by Crippen LogP contribution is -2.26. The molecule has 3 aromatic rings. The number of carbonyl (C=O) groups excluding carboxylic acids is 1. The Kier molecular flexibility index (Phi) is 5.27. The maximum Gasteiger partial charge on any atom is 0.252 e. The number of benzene rings is 1. The first-order valence-corrected chi connectivity index (χ1v) is 8.18. The summed E-state index contributed by atoms with van der Waals surface area (Å²) < 4.78 is 15.8. The first-order valence-electron chi connectivity index (χ1n) is 8.18. The van der Waals surface area contributed by atoms with Gasteiger partial charge in [0.2, 0.25) is 0 Å². The Morgan fingerprint density at radius 2 is 2.15 bits per heavy atom. The summed E-state index contributed by atoms with van der Waals surface area (Å²) in [6.07, 6.45) is 3.25. The fourth-order valence-electron chi connectivity index (χ4n) is 2.37. The van der Waals surface area contributed by atoms with Crippen molar-refractivity contribution in [2.45, 2.75) is 13.0 Å². The SMILES string of the molecule is C[C@H](CN)Nc1nc(Nc2cccc(-n3ccnn3)c2)c(C(N)=O)cc1F. The van der Waals surface area contributed by atoms with Gasteiger partial charge in [-0.2, -0.15) is 0 Å². The Bertz CT molecular complexity index is 944. The number of hydrogen-bond acceptors (Lipinski definition) is 7. The summed E-state index contributed by atoms with van der Waals surface area (Å²) in [6, 6.07) is 8.02. The molecule has 1 aromatic carbocycles. The molecular formula is C17H19FN8O. The van der Waals surface area contributed by atoms with Crippen molar-refractivity contribution in [1.82, 2.24) is 20.0 Å². The molecule has 0 fully saturated rings. The molecule has 1 amide bonds. The molecule has 27 heavy (non-hydrogen) atoms. The largest absolute Gasteiger partial charge is 0.365 e. The second-order valence-corrected chi connectivity index (χ2v) is 5.88. The van der Waals surface area contributed by atoms with Gasteiger partial charge in [-0.25, -0.2) is 14.1 Å². The van der Waals surface area contributed by atoms with Gasteiger partial charge in [0.1, 0.15) is 5.82 Å². The van der Waals surface area contributed by atoms with Gasteiger partial charge < -0.3 is 22.1 Å². The van der Waals surface area contributed by atoms with Crippen molar-refractivity contribution in [3.63, 3.8) is 0 Å². The van der Waals surface area contributed by atoms with Crippen LogP contribution in [0.2, 0.25) is 0 Å². The minimum Gasteiger partial charge on any atom is -0.365 e. The van der Waals surface area contributed by atoms with E-state index in [1.54, 1.807) is 42.2 Å². The van der Waals surface area contributed by atoms with Crippen molar-refractivity contribution < 1.29 is 9.18 Å². The van der Waals surface area contributed by atoms with Crippen LogP contribution in [0.3, 0.4) is 0 Å². The van der Waals surface area contributed by atoms with E-state index in [4.69, 9.17) is 11.5 Å². The minimum atomic E-state index is -0.797. The van der Waals surface area contributed by atoms with Crippen LogP contribution in [-0.2, 0) is 0 Å². The molecule has 0 saturated heterocycles. The van der Waals surface area contributed by atoms with Crippen LogP contribution in [0.4, 0.5) is 21.7 Å². The second-order valence-electron chi connectivity index (χ2n) is 5.88. The number of nitrogens with zero attached hydrogens (tertiary/aromatic N) is 4. The standard InChI is InChI=1S/C17H19FN8O/c1-10(9-19)22-17-14(18)8-13(15(20)27)16(24-17)23-11-3-2-4-12(7-11)26-6-5-21-25-26/h2-8,10H,9,19H2,1H3,(H2,20,27)(H2,22,23,24)/t10-/m1/s1. The topological polar surface area (TPSA) is 137 Å². The third kappa shape index (κ3) is 4.18. The number of amides is 1. The predicted molar refractivity (Wildman–Crippen MR) is 99.5 cm³/mol.